The molecule has 6 heteroatoms. The smallest absolute Gasteiger partial charge is 0.263 e. The Morgan fingerprint density at radius 3 is 2.22 bits per heavy atom. The number of Topliss-reactive ketones (excluding diaryl/α,β-unsaturated/α-hetero) is 1. The summed E-state index contributed by atoms with van der Waals surface area (Å²) < 4.78 is 3.18. The van der Waals surface area contributed by atoms with Gasteiger partial charge >= 0.3 is 0 Å². The second-order valence-corrected chi connectivity index (χ2v) is 11.2. The molecule has 36 heavy (non-hydrogen) atoms. The molecule has 0 radical (unpaired) electrons. The maximum Gasteiger partial charge on any atom is 0.263 e. The molecular formula is C30H20N2O2S2. The van der Waals surface area contributed by atoms with E-state index in [2.05, 4.69) is 58.0 Å². The highest BCUT2D eigenvalue weighted by molar-refractivity contribution is 8.03. The van der Waals surface area contributed by atoms with Gasteiger partial charge < -0.3 is 10.0 Å². The van der Waals surface area contributed by atoms with Crippen LogP contribution in [0.3, 0.4) is 0 Å². The van der Waals surface area contributed by atoms with Crippen molar-refractivity contribution >= 4 is 72.4 Å². The number of allylic oxidation sites excluding steroid dienone is 3. The van der Waals surface area contributed by atoms with Crippen molar-refractivity contribution in [3.05, 3.63) is 106 Å². The normalized spacial score (nSPS) is 17.7. The summed E-state index contributed by atoms with van der Waals surface area (Å²) in [5, 5.41) is 19.5. The van der Waals surface area contributed by atoms with Crippen molar-refractivity contribution in [2.24, 2.45) is 7.05 Å². The molecule has 0 saturated carbocycles. The van der Waals surface area contributed by atoms with Crippen LogP contribution < -0.4 is 14.6 Å². The number of nitrogens with zero attached hydrogens (tertiary/aromatic N) is 2. The van der Waals surface area contributed by atoms with Crippen molar-refractivity contribution in [3.63, 3.8) is 0 Å². The number of aryl methyl sites for hydroxylation is 1. The number of hydrogen-bond acceptors (Lipinski definition) is 5. The van der Waals surface area contributed by atoms with Gasteiger partial charge in [0.15, 0.2) is 5.78 Å². The Kier molecular flexibility index (Phi) is 4.65. The van der Waals surface area contributed by atoms with Crippen LogP contribution in [0.15, 0.2) is 106 Å². The molecule has 4 aromatic carbocycles. The Morgan fingerprint density at radius 1 is 0.889 bits per heavy atom. The van der Waals surface area contributed by atoms with Crippen LogP contribution >= 0.6 is 23.1 Å². The molecule has 0 unspecified atom stereocenters. The second kappa shape index (κ2) is 7.82. The third-order valence-corrected chi connectivity index (χ3v) is 9.28. The van der Waals surface area contributed by atoms with Gasteiger partial charge in [0.2, 0.25) is 5.52 Å². The van der Waals surface area contributed by atoms with Crippen LogP contribution in [0.2, 0.25) is 0 Å². The molecule has 0 spiro atoms. The van der Waals surface area contributed by atoms with Crippen molar-refractivity contribution in [3.8, 4) is 0 Å². The zero-order chi connectivity index (χ0) is 24.6. The van der Waals surface area contributed by atoms with E-state index in [-0.39, 0.29) is 22.7 Å². The lowest BCUT2D eigenvalue weighted by Gasteiger charge is -2.28. The Labute approximate surface area is 216 Å². The lowest BCUT2D eigenvalue weighted by atomic mass is 9.88. The van der Waals surface area contributed by atoms with Crippen LogP contribution in [0.4, 0.5) is 5.69 Å². The molecule has 0 amide bonds. The number of rotatable bonds is 2. The van der Waals surface area contributed by atoms with E-state index >= 15 is 0 Å². The summed E-state index contributed by atoms with van der Waals surface area (Å²) in [6.07, 6.45) is 3.49. The Bertz CT molecular complexity index is 1880. The van der Waals surface area contributed by atoms with Gasteiger partial charge in [-0.1, -0.05) is 77.4 Å². The van der Waals surface area contributed by atoms with Crippen LogP contribution in [0.1, 0.15) is 5.01 Å². The number of ketones is 1. The summed E-state index contributed by atoms with van der Waals surface area (Å²) in [6, 6.07) is 25.1. The van der Waals surface area contributed by atoms with E-state index in [1.165, 1.54) is 21.5 Å². The van der Waals surface area contributed by atoms with E-state index in [1.54, 1.807) is 35.3 Å². The van der Waals surface area contributed by atoms with E-state index in [4.69, 9.17) is 0 Å². The number of carbonyl (C=O) groups excluding carboxylic acids is 1. The second-order valence-electron chi connectivity index (χ2n) is 9.11. The molecule has 7 rings (SSSR count). The number of thiazole rings is 1. The molecule has 5 aromatic rings. The third-order valence-electron chi connectivity index (χ3n) is 6.98. The highest BCUT2D eigenvalue weighted by Crippen LogP contribution is 2.48. The summed E-state index contributed by atoms with van der Waals surface area (Å²) in [5.41, 5.74) is 2.68. The largest absolute Gasteiger partial charge is 0.871 e. The lowest BCUT2D eigenvalue weighted by Crippen LogP contribution is -2.32. The molecule has 0 bridgehead atoms. The highest BCUT2D eigenvalue weighted by atomic mass is 32.2. The fourth-order valence-electron chi connectivity index (χ4n) is 4.90. The lowest BCUT2D eigenvalue weighted by molar-refractivity contribution is -0.642. The predicted molar refractivity (Wildman–Crippen MR) is 147 cm³/mol. The maximum absolute atomic E-state index is 13.0. The molecule has 1 aliphatic carbocycles. The van der Waals surface area contributed by atoms with Gasteiger partial charge in [-0.15, -0.1) is 0 Å². The minimum atomic E-state index is -0.190. The molecular weight excluding hydrogens is 484 g/mol. The highest BCUT2D eigenvalue weighted by Gasteiger charge is 2.30. The number of benzene rings is 4. The summed E-state index contributed by atoms with van der Waals surface area (Å²) in [4.78, 5) is 16.2. The van der Waals surface area contributed by atoms with Gasteiger partial charge in [0, 0.05) is 35.2 Å². The topological polar surface area (TPSA) is 47.2 Å². The van der Waals surface area contributed by atoms with Crippen molar-refractivity contribution in [1.82, 2.24) is 0 Å². The van der Waals surface area contributed by atoms with E-state index in [1.807, 2.05) is 38.4 Å². The number of aromatic nitrogens is 1. The van der Waals surface area contributed by atoms with Gasteiger partial charge in [-0.05, 0) is 45.8 Å². The number of hydrogen-bond donors (Lipinski definition) is 0. The first kappa shape index (κ1) is 21.4. The summed E-state index contributed by atoms with van der Waals surface area (Å²) in [6.45, 7) is 0. The van der Waals surface area contributed by atoms with Crippen LogP contribution in [-0.4, -0.2) is 12.8 Å². The molecule has 4 nitrogen and oxygen atoms in total. The number of carbonyl (C=O) groups is 1. The summed E-state index contributed by atoms with van der Waals surface area (Å²) in [5.74, 6) is -0.379. The third kappa shape index (κ3) is 3.15. The zero-order valence-electron chi connectivity index (χ0n) is 19.6. The number of anilines is 1. The van der Waals surface area contributed by atoms with Crippen molar-refractivity contribution in [1.29, 1.82) is 0 Å². The molecule has 2 aliphatic rings. The molecule has 0 fully saturated rings. The van der Waals surface area contributed by atoms with Crippen LogP contribution in [0.5, 0.6) is 0 Å². The number of thioether (sulfide) groups is 1. The molecule has 0 saturated heterocycles. The van der Waals surface area contributed by atoms with Crippen molar-refractivity contribution in [2.75, 3.05) is 11.9 Å². The summed E-state index contributed by atoms with van der Waals surface area (Å²) in [7, 11) is 3.96. The van der Waals surface area contributed by atoms with Crippen molar-refractivity contribution in [2.45, 2.75) is 4.90 Å². The minimum Gasteiger partial charge on any atom is -0.871 e. The van der Waals surface area contributed by atoms with Gasteiger partial charge in [0.1, 0.15) is 11.7 Å². The van der Waals surface area contributed by atoms with Gasteiger partial charge in [-0.3, -0.25) is 4.79 Å². The van der Waals surface area contributed by atoms with E-state index in [9.17, 15) is 9.90 Å². The quantitative estimate of drug-likeness (QED) is 0.229. The molecule has 0 N–H and O–H groups in total. The molecule has 1 aliphatic heterocycles. The fourth-order valence-corrected chi connectivity index (χ4v) is 7.15. The number of fused-ring (bicyclic) bond motifs is 4. The average Bonchev–Trinajstić information content (AvgIpc) is 3.37. The van der Waals surface area contributed by atoms with Crippen LogP contribution in [0.25, 0.3) is 37.8 Å². The fraction of sp³-hybridized carbons (Fsp3) is 0.0667. The monoisotopic (exact) mass is 504 g/mol. The molecule has 174 valence electrons. The first-order chi connectivity index (χ1) is 17.5. The van der Waals surface area contributed by atoms with Crippen LogP contribution in [-0.2, 0) is 11.8 Å². The van der Waals surface area contributed by atoms with Gasteiger partial charge in [-0.2, -0.15) is 4.57 Å². The van der Waals surface area contributed by atoms with Crippen molar-refractivity contribution < 1.29 is 14.5 Å². The molecule has 2 heterocycles. The van der Waals surface area contributed by atoms with E-state index in [0.29, 0.717) is 0 Å². The predicted octanol–water partition coefficient (Wildman–Crippen LogP) is 5.70. The van der Waals surface area contributed by atoms with Gasteiger partial charge in [0.25, 0.3) is 5.01 Å². The van der Waals surface area contributed by atoms with Gasteiger partial charge in [0.05, 0.1) is 10.7 Å². The Morgan fingerprint density at radius 2 is 1.53 bits per heavy atom. The zero-order valence-corrected chi connectivity index (χ0v) is 21.2. The Balaban J connectivity index is 1.24. The Hall–Kier alpha value is -3.87. The SMILES string of the molecule is CN1C(=CC2=C([O-])C(=Cc3sc4cc5ccccc5cc4[n+]3C)C2=O)Sc2cc3ccccc3cc21. The van der Waals surface area contributed by atoms with Crippen LogP contribution in [0, 0.1) is 0 Å². The van der Waals surface area contributed by atoms with E-state index in [0.717, 1.165) is 30.8 Å². The van der Waals surface area contributed by atoms with Gasteiger partial charge in [-0.25, -0.2) is 0 Å². The summed E-state index contributed by atoms with van der Waals surface area (Å²) >= 11 is 3.19. The first-order valence-electron chi connectivity index (χ1n) is 11.6. The van der Waals surface area contributed by atoms with E-state index < -0.39 is 0 Å². The minimum absolute atomic E-state index is 0.190. The average molecular weight is 505 g/mol. The standard InChI is InChI=1S/C30H20N2O2S2/c1-31-23-11-17-7-3-5-9-19(17)13-25(23)35-27(31)15-21-29(33)22(30(21)34)16-28-32(2)24-12-18-8-4-6-10-20(18)14-26(24)36-28/h3-16H,1-2H3. The maximum atomic E-state index is 13.0. The molecule has 1 aromatic heterocycles. The molecule has 0 atom stereocenters. The first-order valence-corrected chi connectivity index (χ1v) is 13.3.